The topological polar surface area (TPSA) is 55.1 Å². The molecule has 0 spiro atoms. The summed E-state index contributed by atoms with van der Waals surface area (Å²) < 4.78 is 0. The van der Waals surface area contributed by atoms with Gasteiger partial charge in [0.2, 0.25) is 0 Å². The Kier molecular flexibility index (Phi) is 3.33. The molecule has 18 heavy (non-hydrogen) atoms. The molecule has 2 rings (SSSR count). The van der Waals surface area contributed by atoms with Crippen molar-refractivity contribution < 1.29 is 4.79 Å². The number of para-hydroxylation sites is 1. The summed E-state index contributed by atoms with van der Waals surface area (Å²) in [5, 5.41) is 2.90. The monoisotopic (exact) mass is 240 g/mol. The molecular formula is C15H16N2O. The van der Waals surface area contributed by atoms with E-state index in [1.807, 2.05) is 44.2 Å². The van der Waals surface area contributed by atoms with Crippen LogP contribution in [0.25, 0.3) is 0 Å². The van der Waals surface area contributed by atoms with E-state index in [1.165, 1.54) is 0 Å². The van der Waals surface area contributed by atoms with Crippen LogP contribution in [0, 0.1) is 13.8 Å². The number of aryl methyl sites for hydroxylation is 2. The fourth-order valence-electron chi connectivity index (χ4n) is 1.79. The molecule has 1 amide bonds. The normalized spacial score (nSPS) is 10.1. The second-order valence-electron chi connectivity index (χ2n) is 4.34. The fraction of sp³-hybridized carbons (Fsp3) is 0.133. The van der Waals surface area contributed by atoms with Crippen molar-refractivity contribution in [1.82, 2.24) is 0 Å². The number of amides is 1. The second kappa shape index (κ2) is 4.92. The predicted molar refractivity (Wildman–Crippen MR) is 74.7 cm³/mol. The number of nitrogen functional groups attached to an aromatic ring is 1. The van der Waals surface area contributed by atoms with Crippen molar-refractivity contribution in [1.29, 1.82) is 0 Å². The number of hydrogen-bond acceptors (Lipinski definition) is 2. The van der Waals surface area contributed by atoms with Crippen molar-refractivity contribution in [2.24, 2.45) is 0 Å². The highest BCUT2D eigenvalue weighted by Crippen LogP contribution is 2.17. The summed E-state index contributed by atoms with van der Waals surface area (Å²) in [4.78, 5) is 12.2. The zero-order chi connectivity index (χ0) is 13.1. The summed E-state index contributed by atoms with van der Waals surface area (Å²) in [5.41, 5.74) is 9.68. The van der Waals surface area contributed by atoms with E-state index in [0.29, 0.717) is 11.3 Å². The van der Waals surface area contributed by atoms with Gasteiger partial charge in [0, 0.05) is 16.9 Å². The highest BCUT2D eigenvalue weighted by molar-refractivity contribution is 6.06. The average Bonchev–Trinajstić information content (AvgIpc) is 2.35. The summed E-state index contributed by atoms with van der Waals surface area (Å²) in [6.45, 7) is 3.86. The van der Waals surface area contributed by atoms with Gasteiger partial charge >= 0.3 is 0 Å². The smallest absolute Gasteiger partial charge is 0.256 e. The van der Waals surface area contributed by atoms with Crippen molar-refractivity contribution in [2.75, 3.05) is 11.1 Å². The Labute approximate surface area is 107 Å². The van der Waals surface area contributed by atoms with Crippen LogP contribution in [-0.2, 0) is 0 Å². The van der Waals surface area contributed by atoms with Gasteiger partial charge in [0.25, 0.3) is 5.91 Å². The van der Waals surface area contributed by atoms with Gasteiger partial charge in [-0.1, -0.05) is 24.3 Å². The first kappa shape index (κ1) is 12.2. The van der Waals surface area contributed by atoms with E-state index in [0.717, 1.165) is 16.8 Å². The molecule has 3 heteroatoms. The molecule has 0 fully saturated rings. The van der Waals surface area contributed by atoms with Crippen LogP contribution in [0.1, 0.15) is 21.5 Å². The molecule has 3 nitrogen and oxygen atoms in total. The van der Waals surface area contributed by atoms with E-state index in [9.17, 15) is 4.79 Å². The number of nitrogens with one attached hydrogen (secondary N) is 1. The second-order valence-corrected chi connectivity index (χ2v) is 4.34. The third kappa shape index (κ3) is 2.51. The molecular weight excluding hydrogens is 224 g/mol. The SMILES string of the molecule is Cc1ccccc1NC(=O)c1cc(N)ccc1C. The van der Waals surface area contributed by atoms with Gasteiger partial charge in [0.05, 0.1) is 0 Å². The predicted octanol–water partition coefficient (Wildman–Crippen LogP) is 3.14. The van der Waals surface area contributed by atoms with Gasteiger partial charge in [0.1, 0.15) is 0 Å². The van der Waals surface area contributed by atoms with E-state index in [4.69, 9.17) is 5.73 Å². The molecule has 0 bridgehead atoms. The highest BCUT2D eigenvalue weighted by atomic mass is 16.1. The van der Waals surface area contributed by atoms with E-state index < -0.39 is 0 Å². The van der Waals surface area contributed by atoms with Gasteiger partial charge in [-0.3, -0.25) is 4.79 Å². The molecule has 0 aromatic heterocycles. The minimum atomic E-state index is -0.130. The quantitative estimate of drug-likeness (QED) is 0.792. The van der Waals surface area contributed by atoms with E-state index in [-0.39, 0.29) is 5.91 Å². The molecule has 0 heterocycles. The molecule has 0 atom stereocenters. The Bertz CT molecular complexity index is 591. The number of hydrogen-bond donors (Lipinski definition) is 2. The molecule has 3 N–H and O–H groups in total. The van der Waals surface area contributed by atoms with Gasteiger partial charge < -0.3 is 11.1 Å². The van der Waals surface area contributed by atoms with Gasteiger partial charge in [-0.15, -0.1) is 0 Å². The molecule has 0 aliphatic rings. The van der Waals surface area contributed by atoms with Crippen molar-refractivity contribution in [3.63, 3.8) is 0 Å². The summed E-state index contributed by atoms with van der Waals surface area (Å²) in [6.07, 6.45) is 0. The Morgan fingerprint density at radius 1 is 1.06 bits per heavy atom. The number of anilines is 2. The van der Waals surface area contributed by atoms with Crippen molar-refractivity contribution in [3.8, 4) is 0 Å². The lowest BCUT2D eigenvalue weighted by molar-refractivity contribution is 0.102. The summed E-state index contributed by atoms with van der Waals surface area (Å²) in [6, 6.07) is 13.0. The Hall–Kier alpha value is -2.29. The third-order valence-electron chi connectivity index (χ3n) is 2.90. The first-order valence-electron chi connectivity index (χ1n) is 5.81. The van der Waals surface area contributed by atoms with Crippen LogP contribution in [0.15, 0.2) is 42.5 Å². The number of rotatable bonds is 2. The lowest BCUT2D eigenvalue weighted by Gasteiger charge is -2.10. The highest BCUT2D eigenvalue weighted by Gasteiger charge is 2.10. The van der Waals surface area contributed by atoms with Crippen LogP contribution in [0.3, 0.4) is 0 Å². The number of benzene rings is 2. The van der Waals surface area contributed by atoms with E-state index in [1.54, 1.807) is 12.1 Å². The molecule has 2 aromatic rings. The summed E-state index contributed by atoms with van der Waals surface area (Å²) >= 11 is 0. The van der Waals surface area contributed by atoms with Crippen LogP contribution < -0.4 is 11.1 Å². The minimum absolute atomic E-state index is 0.130. The zero-order valence-electron chi connectivity index (χ0n) is 10.5. The summed E-state index contributed by atoms with van der Waals surface area (Å²) in [7, 11) is 0. The summed E-state index contributed by atoms with van der Waals surface area (Å²) in [5.74, 6) is -0.130. The van der Waals surface area contributed by atoms with Gasteiger partial charge in [-0.2, -0.15) is 0 Å². The van der Waals surface area contributed by atoms with Gasteiger partial charge in [-0.25, -0.2) is 0 Å². The Morgan fingerprint density at radius 3 is 2.50 bits per heavy atom. The number of nitrogens with two attached hydrogens (primary N) is 1. The van der Waals surface area contributed by atoms with Gasteiger partial charge in [-0.05, 0) is 43.2 Å². The van der Waals surface area contributed by atoms with Crippen LogP contribution >= 0.6 is 0 Å². The maximum absolute atomic E-state index is 12.2. The fourth-order valence-corrected chi connectivity index (χ4v) is 1.79. The molecule has 0 saturated carbocycles. The molecule has 0 saturated heterocycles. The largest absolute Gasteiger partial charge is 0.399 e. The van der Waals surface area contributed by atoms with E-state index in [2.05, 4.69) is 5.32 Å². The van der Waals surface area contributed by atoms with Crippen molar-refractivity contribution >= 4 is 17.3 Å². The lowest BCUT2D eigenvalue weighted by Crippen LogP contribution is -2.14. The Morgan fingerprint density at radius 2 is 1.78 bits per heavy atom. The number of carbonyl (C=O) groups is 1. The molecule has 0 radical (unpaired) electrons. The van der Waals surface area contributed by atoms with Crippen LogP contribution in [0.5, 0.6) is 0 Å². The van der Waals surface area contributed by atoms with Crippen molar-refractivity contribution in [3.05, 3.63) is 59.2 Å². The molecule has 0 unspecified atom stereocenters. The van der Waals surface area contributed by atoms with Gasteiger partial charge in [0.15, 0.2) is 0 Å². The van der Waals surface area contributed by atoms with Crippen LogP contribution in [0.4, 0.5) is 11.4 Å². The first-order chi connectivity index (χ1) is 8.58. The molecule has 0 aliphatic carbocycles. The lowest BCUT2D eigenvalue weighted by atomic mass is 10.1. The van der Waals surface area contributed by atoms with E-state index >= 15 is 0 Å². The van der Waals surface area contributed by atoms with Crippen molar-refractivity contribution in [2.45, 2.75) is 13.8 Å². The zero-order valence-corrected chi connectivity index (χ0v) is 10.5. The Balaban J connectivity index is 2.28. The molecule has 92 valence electrons. The molecule has 0 aliphatic heterocycles. The maximum Gasteiger partial charge on any atom is 0.256 e. The minimum Gasteiger partial charge on any atom is -0.399 e. The average molecular weight is 240 g/mol. The van der Waals surface area contributed by atoms with Crippen LogP contribution in [0.2, 0.25) is 0 Å². The molecule has 2 aromatic carbocycles. The third-order valence-corrected chi connectivity index (χ3v) is 2.90. The first-order valence-corrected chi connectivity index (χ1v) is 5.81. The maximum atomic E-state index is 12.2. The standard InChI is InChI=1S/C15H16N2O/c1-10-7-8-12(16)9-13(10)15(18)17-14-6-4-3-5-11(14)2/h3-9H,16H2,1-2H3,(H,17,18). The number of carbonyl (C=O) groups excluding carboxylic acids is 1. The van der Waals surface area contributed by atoms with Crippen LogP contribution in [-0.4, -0.2) is 5.91 Å².